The summed E-state index contributed by atoms with van der Waals surface area (Å²) < 4.78 is 5.18. The van der Waals surface area contributed by atoms with Crippen molar-refractivity contribution in [2.75, 3.05) is 7.05 Å². The third kappa shape index (κ3) is 1.58. The molecule has 13 heavy (non-hydrogen) atoms. The van der Waals surface area contributed by atoms with Gasteiger partial charge in [0, 0.05) is 6.04 Å². The maximum atomic E-state index is 5.18. The average molecular weight is 181 g/mol. The number of likely N-dealkylation sites (N-methyl/N-ethyl adjacent to an activating group) is 1. The molecule has 72 valence electrons. The van der Waals surface area contributed by atoms with Gasteiger partial charge in [-0.1, -0.05) is 11.6 Å². The number of aromatic nitrogens is 2. The topological polar surface area (TPSA) is 51.0 Å². The molecule has 1 aromatic heterocycles. The van der Waals surface area contributed by atoms with E-state index in [2.05, 4.69) is 15.5 Å². The number of hydrogen-bond donors (Lipinski definition) is 1. The Labute approximate surface area is 77.7 Å². The van der Waals surface area contributed by atoms with E-state index >= 15 is 0 Å². The Kier molecular flexibility index (Phi) is 2.31. The molecule has 0 unspecified atom stereocenters. The van der Waals surface area contributed by atoms with Crippen molar-refractivity contribution in [2.24, 2.45) is 0 Å². The van der Waals surface area contributed by atoms with E-state index < -0.39 is 0 Å². The number of hydrogen-bond acceptors (Lipinski definition) is 4. The second-order valence-corrected chi connectivity index (χ2v) is 3.61. The Balaban J connectivity index is 2.15. The molecule has 2 atom stereocenters. The van der Waals surface area contributed by atoms with Gasteiger partial charge in [-0.05, 0) is 26.8 Å². The van der Waals surface area contributed by atoms with Crippen LogP contribution in [0.25, 0.3) is 0 Å². The zero-order valence-electron chi connectivity index (χ0n) is 8.08. The maximum absolute atomic E-state index is 5.18. The molecule has 1 aromatic rings. The summed E-state index contributed by atoms with van der Waals surface area (Å²) in [5, 5.41) is 7.11. The van der Waals surface area contributed by atoms with Crippen LogP contribution in [0.5, 0.6) is 0 Å². The van der Waals surface area contributed by atoms with E-state index in [1.807, 2.05) is 14.0 Å². The van der Waals surface area contributed by atoms with Crippen molar-refractivity contribution < 1.29 is 4.52 Å². The van der Waals surface area contributed by atoms with Crippen LogP contribution >= 0.6 is 0 Å². The van der Waals surface area contributed by atoms with Crippen LogP contribution in [0, 0.1) is 6.92 Å². The predicted molar refractivity (Wildman–Crippen MR) is 48.5 cm³/mol. The van der Waals surface area contributed by atoms with Gasteiger partial charge < -0.3 is 9.84 Å². The normalized spacial score (nSPS) is 28.2. The third-order valence-corrected chi connectivity index (χ3v) is 2.75. The van der Waals surface area contributed by atoms with Crippen molar-refractivity contribution in [1.82, 2.24) is 15.5 Å². The monoisotopic (exact) mass is 181 g/mol. The molecular weight excluding hydrogens is 166 g/mol. The zero-order valence-corrected chi connectivity index (χ0v) is 8.08. The number of rotatable bonds is 2. The highest BCUT2D eigenvalue weighted by Crippen LogP contribution is 2.33. The Bertz CT molecular complexity index is 284. The highest BCUT2D eigenvalue weighted by Gasteiger charge is 2.31. The maximum Gasteiger partial charge on any atom is 0.231 e. The lowest BCUT2D eigenvalue weighted by Gasteiger charge is -2.14. The molecule has 1 aliphatic rings. The fourth-order valence-corrected chi connectivity index (χ4v) is 2.06. The zero-order chi connectivity index (χ0) is 9.26. The van der Waals surface area contributed by atoms with E-state index in [1.165, 1.54) is 12.8 Å². The lowest BCUT2D eigenvalue weighted by Crippen LogP contribution is -2.27. The molecule has 0 aliphatic heterocycles. The summed E-state index contributed by atoms with van der Waals surface area (Å²) >= 11 is 0. The molecular formula is C9H15N3O. The van der Waals surface area contributed by atoms with Crippen molar-refractivity contribution in [3.05, 3.63) is 11.7 Å². The largest absolute Gasteiger partial charge is 0.339 e. The highest BCUT2D eigenvalue weighted by atomic mass is 16.5. The minimum Gasteiger partial charge on any atom is -0.339 e. The van der Waals surface area contributed by atoms with Gasteiger partial charge in [-0.15, -0.1) is 0 Å². The van der Waals surface area contributed by atoms with Crippen molar-refractivity contribution in [2.45, 2.75) is 38.1 Å². The molecule has 1 N–H and O–H groups in total. The minimum absolute atomic E-state index is 0.422. The van der Waals surface area contributed by atoms with Gasteiger partial charge in [0.25, 0.3) is 0 Å². The van der Waals surface area contributed by atoms with Crippen LogP contribution in [-0.2, 0) is 0 Å². The van der Waals surface area contributed by atoms with E-state index in [9.17, 15) is 0 Å². The van der Waals surface area contributed by atoms with Crippen LogP contribution in [0.3, 0.4) is 0 Å². The van der Waals surface area contributed by atoms with Crippen molar-refractivity contribution >= 4 is 0 Å². The summed E-state index contributed by atoms with van der Waals surface area (Å²) in [4.78, 5) is 4.27. The van der Waals surface area contributed by atoms with Gasteiger partial charge in [-0.3, -0.25) is 0 Å². The van der Waals surface area contributed by atoms with Crippen LogP contribution in [-0.4, -0.2) is 23.2 Å². The molecule has 0 saturated heterocycles. The summed E-state index contributed by atoms with van der Waals surface area (Å²) in [6, 6.07) is 0.514. The molecule has 1 aliphatic carbocycles. The first kappa shape index (κ1) is 8.69. The van der Waals surface area contributed by atoms with Gasteiger partial charge in [-0.25, -0.2) is 0 Å². The lowest BCUT2D eigenvalue weighted by molar-refractivity contribution is 0.333. The molecule has 0 amide bonds. The Morgan fingerprint density at radius 2 is 2.31 bits per heavy atom. The van der Waals surface area contributed by atoms with E-state index in [0.717, 1.165) is 18.1 Å². The molecule has 1 saturated carbocycles. The van der Waals surface area contributed by atoms with E-state index in [1.54, 1.807) is 0 Å². The number of aryl methyl sites for hydroxylation is 1. The van der Waals surface area contributed by atoms with Gasteiger partial charge >= 0.3 is 0 Å². The standard InChI is InChI=1S/C9H15N3O/c1-6-11-9(13-12-6)7-4-3-5-8(7)10-2/h7-8,10H,3-5H2,1-2H3/t7-,8+/m0/s1. The summed E-state index contributed by atoms with van der Waals surface area (Å²) in [7, 11) is 1.99. The van der Waals surface area contributed by atoms with Gasteiger partial charge in [0.2, 0.25) is 5.89 Å². The van der Waals surface area contributed by atoms with Crippen LogP contribution in [0.2, 0.25) is 0 Å². The van der Waals surface area contributed by atoms with E-state index in [4.69, 9.17) is 4.52 Å². The fraction of sp³-hybridized carbons (Fsp3) is 0.778. The summed E-state index contributed by atoms with van der Waals surface area (Å²) in [6.45, 7) is 1.86. The first-order chi connectivity index (χ1) is 6.31. The molecule has 4 nitrogen and oxygen atoms in total. The van der Waals surface area contributed by atoms with Crippen molar-refractivity contribution in [3.8, 4) is 0 Å². The molecule has 0 spiro atoms. The smallest absolute Gasteiger partial charge is 0.231 e. The van der Waals surface area contributed by atoms with Gasteiger partial charge in [0.15, 0.2) is 5.82 Å². The Morgan fingerprint density at radius 3 is 2.92 bits per heavy atom. The molecule has 0 radical (unpaired) electrons. The van der Waals surface area contributed by atoms with Crippen LogP contribution < -0.4 is 5.32 Å². The van der Waals surface area contributed by atoms with Crippen LogP contribution in [0.15, 0.2) is 4.52 Å². The second-order valence-electron chi connectivity index (χ2n) is 3.61. The van der Waals surface area contributed by atoms with E-state index in [-0.39, 0.29) is 0 Å². The number of nitrogens with zero attached hydrogens (tertiary/aromatic N) is 2. The fourth-order valence-electron chi connectivity index (χ4n) is 2.06. The Hall–Kier alpha value is -0.900. The van der Waals surface area contributed by atoms with Crippen molar-refractivity contribution in [3.63, 3.8) is 0 Å². The summed E-state index contributed by atoms with van der Waals surface area (Å²) in [6.07, 6.45) is 3.62. The first-order valence-corrected chi connectivity index (χ1v) is 4.78. The van der Waals surface area contributed by atoms with Crippen molar-refractivity contribution in [1.29, 1.82) is 0 Å². The van der Waals surface area contributed by atoms with Crippen LogP contribution in [0.1, 0.15) is 36.9 Å². The predicted octanol–water partition coefficient (Wildman–Crippen LogP) is 1.23. The van der Waals surface area contributed by atoms with Gasteiger partial charge in [0.05, 0.1) is 5.92 Å². The number of nitrogens with one attached hydrogen (secondary N) is 1. The molecule has 1 fully saturated rings. The second kappa shape index (κ2) is 3.46. The van der Waals surface area contributed by atoms with E-state index in [0.29, 0.717) is 12.0 Å². The third-order valence-electron chi connectivity index (χ3n) is 2.75. The van der Waals surface area contributed by atoms with Gasteiger partial charge in [-0.2, -0.15) is 4.98 Å². The highest BCUT2D eigenvalue weighted by molar-refractivity contribution is 5.01. The summed E-state index contributed by atoms with van der Waals surface area (Å²) in [5.41, 5.74) is 0. The molecule has 4 heteroatoms. The average Bonchev–Trinajstić information content (AvgIpc) is 2.71. The molecule has 0 aromatic carbocycles. The Morgan fingerprint density at radius 1 is 1.46 bits per heavy atom. The molecule has 2 rings (SSSR count). The summed E-state index contributed by atoms with van der Waals surface area (Å²) in [5.74, 6) is 1.96. The SMILES string of the molecule is CN[C@@H]1CCC[C@@H]1c1nc(C)no1. The van der Waals surface area contributed by atoms with Gasteiger partial charge in [0.1, 0.15) is 0 Å². The molecule has 1 heterocycles. The minimum atomic E-state index is 0.422. The quantitative estimate of drug-likeness (QED) is 0.745. The first-order valence-electron chi connectivity index (χ1n) is 4.78. The lowest BCUT2D eigenvalue weighted by atomic mass is 10.0. The van der Waals surface area contributed by atoms with Crippen LogP contribution in [0.4, 0.5) is 0 Å². The molecule has 0 bridgehead atoms.